The summed E-state index contributed by atoms with van der Waals surface area (Å²) in [5.41, 5.74) is 7.01. The van der Waals surface area contributed by atoms with E-state index < -0.39 is 24.1 Å². The third-order valence-corrected chi connectivity index (χ3v) is 8.34. The van der Waals surface area contributed by atoms with Crippen LogP contribution in [0.25, 0.3) is 22.3 Å². The number of nitrogens with zero attached hydrogens (tertiary/aromatic N) is 1. The molecule has 246 valence electrons. The van der Waals surface area contributed by atoms with Crippen LogP contribution in [-0.2, 0) is 19.1 Å². The van der Waals surface area contributed by atoms with Gasteiger partial charge in [-0.25, -0.2) is 9.59 Å². The predicted molar refractivity (Wildman–Crippen MR) is 180 cm³/mol. The van der Waals surface area contributed by atoms with Crippen molar-refractivity contribution in [1.82, 2.24) is 5.32 Å². The summed E-state index contributed by atoms with van der Waals surface area (Å²) in [6, 6.07) is 32.0. The lowest BCUT2D eigenvalue weighted by Gasteiger charge is -2.17. The summed E-state index contributed by atoms with van der Waals surface area (Å²) in [5, 5.41) is 20.9. The number of rotatable bonds is 16. The smallest absolute Gasteiger partial charge is 0.407 e. The van der Waals surface area contributed by atoms with Crippen molar-refractivity contribution in [3.05, 3.63) is 114 Å². The van der Waals surface area contributed by atoms with Crippen molar-refractivity contribution in [3.63, 3.8) is 0 Å². The second-order valence-electron chi connectivity index (χ2n) is 11.6. The Morgan fingerprint density at radius 2 is 1.33 bits per heavy atom. The quantitative estimate of drug-likeness (QED) is 0.0945. The molecule has 0 saturated carbocycles. The van der Waals surface area contributed by atoms with E-state index in [0.29, 0.717) is 18.6 Å². The Morgan fingerprint density at radius 1 is 0.750 bits per heavy atom. The normalized spacial score (nSPS) is 12.2. The maximum atomic E-state index is 12.5. The zero-order valence-electron chi connectivity index (χ0n) is 26.6. The van der Waals surface area contributed by atoms with Crippen molar-refractivity contribution >= 4 is 18.0 Å². The lowest BCUT2D eigenvalue weighted by molar-refractivity contribution is -0.144. The van der Waals surface area contributed by atoms with Gasteiger partial charge in [0.2, 0.25) is 0 Å². The summed E-state index contributed by atoms with van der Waals surface area (Å²) in [4.78, 5) is 36.5. The molecule has 0 saturated heterocycles. The fraction of sp³-hybridized carbons (Fsp3) is 0.282. The van der Waals surface area contributed by atoms with Gasteiger partial charge in [-0.15, -0.1) is 0 Å². The standard InChI is InChI=1S/C39H38N2O7/c40-25-27-13-15-28(16-14-27)29-17-19-30(20-18-29)46-23-7-1-2-8-24-47-37(42)22-21-36(38(43)44)41-39(45)48-26-35-33-11-5-3-9-31(33)32-10-4-6-12-34(32)35/h3-6,9-20,35-36H,1-2,7-8,21-24,26H2,(H,41,45)(H,43,44)/t36-/m0/s1. The van der Waals surface area contributed by atoms with Gasteiger partial charge in [-0.05, 0) is 89.8 Å². The molecule has 0 aliphatic heterocycles. The van der Waals surface area contributed by atoms with E-state index in [1.807, 2.05) is 84.9 Å². The van der Waals surface area contributed by atoms with Gasteiger partial charge in [0.05, 0.1) is 24.8 Å². The highest BCUT2D eigenvalue weighted by atomic mass is 16.5. The van der Waals surface area contributed by atoms with Gasteiger partial charge < -0.3 is 24.6 Å². The Hall–Kier alpha value is -5.62. The lowest BCUT2D eigenvalue weighted by Crippen LogP contribution is -2.41. The molecule has 0 aromatic heterocycles. The SMILES string of the molecule is N#Cc1ccc(-c2ccc(OCCCCCCOC(=O)CC[C@H](NC(=O)OCC3c4ccccc4-c4ccccc43)C(=O)O)cc2)cc1. The number of nitrogens with one attached hydrogen (secondary N) is 1. The summed E-state index contributed by atoms with van der Waals surface area (Å²) < 4.78 is 16.6. The highest BCUT2D eigenvalue weighted by Gasteiger charge is 2.30. The van der Waals surface area contributed by atoms with Crippen LogP contribution in [0.1, 0.15) is 61.1 Å². The molecule has 1 aliphatic rings. The molecule has 9 heteroatoms. The average Bonchev–Trinajstić information content (AvgIpc) is 3.44. The van der Waals surface area contributed by atoms with Crippen LogP contribution in [0.4, 0.5) is 4.79 Å². The number of amides is 1. The van der Waals surface area contributed by atoms with Crippen molar-refractivity contribution in [2.75, 3.05) is 19.8 Å². The number of carboxylic acids is 1. The Labute approximate surface area is 280 Å². The van der Waals surface area contributed by atoms with Crippen LogP contribution < -0.4 is 10.1 Å². The lowest BCUT2D eigenvalue weighted by atomic mass is 9.98. The van der Waals surface area contributed by atoms with Crippen LogP contribution >= 0.6 is 0 Å². The number of unbranched alkanes of at least 4 members (excludes halogenated alkanes) is 3. The summed E-state index contributed by atoms with van der Waals surface area (Å²) in [7, 11) is 0. The molecule has 1 atom stereocenters. The van der Waals surface area contributed by atoms with Gasteiger partial charge in [-0.3, -0.25) is 4.79 Å². The number of fused-ring (bicyclic) bond motifs is 3. The van der Waals surface area contributed by atoms with E-state index in [1.54, 1.807) is 12.1 Å². The van der Waals surface area contributed by atoms with Crippen molar-refractivity contribution in [1.29, 1.82) is 5.26 Å². The Balaban J connectivity index is 0.932. The molecule has 0 bridgehead atoms. The summed E-state index contributed by atoms with van der Waals surface area (Å²) in [6.07, 6.45) is 2.21. The zero-order valence-corrected chi connectivity index (χ0v) is 26.6. The first-order valence-corrected chi connectivity index (χ1v) is 16.2. The van der Waals surface area contributed by atoms with Gasteiger partial charge in [0.15, 0.2) is 0 Å². The number of carbonyl (C=O) groups is 3. The Bertz CT molecular complexity index is 1700. The molecule has 1 aliphatic carbocycles. The Morgan fingerprint density at radius 3 is 1.94 bits per heavy atom. The molecule has 0 heterocycles. The number of hydrogen-bond donors (Lipinski definition) is 2. The van der Waals surface area contributed by atoms with Gasteiger partial charge in [0, 0.05) is 12.3 Å². The number of alkyl carbamates (subject to hydrolysis) is 1. The fourth-order valence-corrected chi connectivity index (χ4v) is 5.79. The first kappa shape index (κ1) is 33.7. The van der Waals surface area contributed by atoms with Crippen molar-refractivity contribution < 1.29 is 33.7 Å². The molecule has 0 unspecified atom stereocenters. The molecular formula is C39H38N2O7. The highest BCUT2D eigenvalue weighted by molar-refractivity contribution is 5.81. The number of aliphatic carboxylic acids is 1. The van der Waals surface area contributed by atoms with E-state index in [0.717, 1.165) is 58.4 Å². The van der Waals surface area contributed by atoms with E-state index in [9.17, 15) is 19.5 Å². The molecule has 4 aromatic rings. The summed E-state index contributed by atoms with van der Waals surface area (Å²) >= 11 is 0. The maximum Gasteiger partial charge on any atom is 0.407 e. The molecule has 48 heavy (non-hydrogen) atoms. The molecule has 1 amide bonds. The van der Waals surface area contributed by atoms with Gasteiger partial charge >= 0.3 is 18.0 Å². The maximum absolute atomic E-state index is 12.5. The van der Waals surface area contributed by atoms with Crippen molar-refractivity contribution in [2.45, 2.75) is 50.5 Å². The topological polar surface area (TPSA) is 135 Å². The van der Waals surface area contributed by atoms with Crippen LogP contribution in [0.15, 0.2) is 97.1 Å². The number of carbonyl (C=O) groups excluding carboxylic acids is 2. The monoisotopic (exact) mass is 646 g/mol. The second kappa shape index (κ2) is 16.8. The van der Waals surface area contributed by atoms with Crippen LogP contribution in [0.3, 0.4) is 0 Å². The van der Waals surface area contributed by atoms with Crippen molar-refractivity contribution in [2.24, 2.45) is 0 Å². The molecule has 0 spiro atoms. The van der Waals surface area contributed by atoms with Crippen LogP contribution in [0.2, 0.25) is 0 Å². The summed E-state index contributed by atoms with van der Waals surface area (Å²) in [5.74, 6) is -1.12. The number of nitriles is 1. The summed E-state index contributed by atoms with van der Waals surface area (Å²) in [6.45, 7) is 0.881. The highest BCUT2D eigenvalue weighted by Crippen LogP contribution is 2.44. The first-order valence-electron chi connectivity index (χ1n) is 16.2. The van der Waals surface area contributed by atoms with Crippen molar-refractivity contribution in [3.8, 4) is 34.1 Å². The van der Waals surface area contributed by atoms with E-state index in [2.05, 4.69) is 11.4 Å². The molecule has 5 rings (SSSR count). The first-order chi connectivity index (χ1) is 23.4. The molecule has 0 radical (unpaired) electrons. The minimum atomic E-state index is -1.28. The van der Waals surface area contributed by atoms with Gasteiger partial charge in [0.1, 0.15) is 18.4 Å². The number of esters is 1. The predicted octanol–water partition coefficient (Wildman–Crippen LogP) is 7.48. The minimum Gasteiger partial charge on any atom is -0.494 e. The third kappa shape index (κ3) is 9.01. The average molecular weight is 647 g/mol. The van der Waals surface area contributed by atoms with Crippen LogP contribution in [-0.4, -0.2) is 49.0 Å². The number of carboxylic acid groups (broad SMARTS) is 1. The molecule has 4 aromatic carbocycles. The Kier molecular flexibility index (Phi) is 11.8. The van der Waals surface area contributed by atoms with E-state index in [1.165, 1.54) is 0 Å². The number of hydrogen-bond acceptors (Lipinski definition) is 7. The van der Waals surface area contributed by atoms with Crippen LogP contribution in [0, 0.1) is 11.3 Å². The number of benzene rings is 4. The number of ether oxygens (including phenoxy) is 3. The molecule has 2 N–H and O–H groups in total. The van der Waals surface area contributed by atoms with Gasteiger partial charge in [-0.1, -0.05) is 72.8 Å². The molecule has 9 nitrogen and oxygen atoms in total. The van der Waals surface area contributed by atoms with E-state index >= 15 is 0 Å². The second-order valence-corrected chi connectivity index (χ2v) is 11.6. The molecule has 0 fully saturated rings. The van der Waals surface area contributed by atoms with Gasteiger partial charge in [0.25, 0.3) is 0 Å². The van der Waals surface area contributed by atoms with Crippen LogP contribution in [0.5, 0.6) is 5.75 Å². The zero-order chi connectivity index (χ0) is 33.7. The third-order valence-electron chi connectivity index (χ3n) is 8.34. The van der Waals surface area contributed by atoms with E-state index in [4.69, 9.17) is 19.5 Å². The fourth-order valence-electron chi connectivity index (χ4n) is 5.79. The van der Waals surface area contributed by atoms with Gasteiger partial charge in [-0.2, -0.15) is 5.26 Å². The van der Waals surface area contributed by atoms with E-state index in [-0.39, 0.29) is 32.0 Å². The minimum absolute atomic E-state index is 0.0640. The largest absolute Gasteiger partial charge is 0.494 e. The molecular weight excluding hydrogens is 608 g/mol.